The van der Waals surface area contributed by atoms with E-state index in [0.29, 0.717) is 18.4 Å². The fraction of sp³-hybridized carbons (Fsp3) is 0.588. The number of hydrogen-bond donors (Lipinski definition) is 1. The lowest BCUT2D eigenvalue weighted by molar-refractivity contribution is -0.136. The van der Waals surface area contributed by atoms with Crippen molar-refractivity contribution in [1.29, 1.82) is 0 Å². The SMILES string of the molecule is O=C(Cc1ccc(S)cc1)N1CCCC2CCCCC21. The molecule has 108 valence electrons. The Kier molecular flexibility index (Phi) is 4.35. The summed E-state index contributed by atoms with van der Waals surface area (Å²) in [5.41, 5.74) is 1.10. The van der Waals surface area contributed by atoms with Gasteiger partial charge in [0.15, 0.2) is 0 Å². The van der Waals surface area contributed by atoms with E-state index in [2.05, 4.69) is 17.5 Å². The molecule has 0 radical (unpaired) electrons. The number of likely N-dealkylation sites (tertiary alicyclic amines) is 1. The third-order valence-electron chi connectivity index (χ3n) is 4.86. The number of benzene rings is 1. The lowest BCUT2D eigenvalue weighted by Crippen LogP contribution is -2.50. The minimum absolute atomic E-state index is 0.313. The number of thiol groups is 1. The van der Waals surface area contributed by atoms with Crippen LogP contribution in [0.4, 0.5) is 0 Å². The molecule has 3 rings (SSSR count). The Balaban J connectivity index is 1.67. The summed E-state index contributed by atoms with van der Waals surface area (Å²) in [7, 11) is 0. The summed E-state index contributed by atoms with van der Waals surface area (Å²) in [5, 5.41) is 0. The van der Waals surface area contributed by atoms with Crippen molar-refractivity contribution in [3.05, 3.63) is 29.8 Å². The highest BCUT2D eigenvalue weighted by Gasteiger charge is 2.35. The van der Waals surface area contributed by atoms with Crippen LogP contribution < -0.4 is 0 Å². The van der Waals surface area contributed by atoms with E-state index in [4.69, 9.17) is 0 Å². The highest BCUT2D eigenvalue weighted by atomic mass is 32.1. The summed E-state index contributed by atoms with van der Waals surface area (Å²) in [4.78, 5) is 15.7. The second-order valence-corrected chi connectivity index (χ2v) is 6.70. The van der Waals surface area contributed by atoms with Crippen molar-refractivity contribution in [2.45, 2.75) is 55.9 Å². The number of piperidine rings is 1. The summed E-state index contributed by atoms with van der Waals surface area (Å²) < 4.78 is 0. The van der Waals surface area contributed by atoms with Gasteiger partial charge >= 0.3 is 0 Å². The summed E-state index contributed by atoms with van der Waals surface area (Å²) >= 11 is 4.29. The van der Waals surface area contributed by atoms with Gasteiger partial charge in [-0.2, -0.15) is 0 Å². The van der Waals surface area contributed by atoms with Gasteiger partial charge in [-0.25, -0.2) is 0 Å². The molecule has 0 N–H and O–H groups in total. The molecule has 2 nitrogen and oxygen atoms in total. The van der Waals surface area contributed by atoms with Gasteiger partial charge in [-0.05, 0) is 49.3 Å². The quantitative estimate of drug-likeness (QED) is 0.823. The van der Waals surface area contributed by atoms with Crippen molar-refractivity contribution in [3.8, 4) is 0 Å². The Hall–Kier alpha value is -0.960. The van der Waals surface area contributed by atoms with Crippen molar-refractivity contribution in [2.75, 3.05) is 6.54 Å². The predicted molar refractivity (Wildman–Crippen MR) is 84.1 cm³/mol. The highest BCUT2D eigenvalue weighted by molar-refractivity contribution is 7.80. The van der Waals surface area contributed by atoms with E-state index in [1.807, 2.05) is 24.3 Å². The first kappa shape index (κ1) is 14.0. The van der Waals surface area contributed by atoms with Crippen LogP contribution in [0.5, 0.6) is 0 Å². The molecule has 1 aliphatic carbocycles. The van der Waals surface area contributed by atoms with Crippen LogP contribution in [-0.4, -0.2) is 23.4 Å². The van der Waals surface area contributed by atoms with Gasteiger partial charge in [0.2, 0.25) is 5.91 Å². The molecule has 0 aromatic heterocycles. The monoisotopic (exact) mass is 289 g/mol. The topological polar surface area (TPSA) is 20.3 Å². The summed E-state index contributed by atoms with van der Waals surface area (Å²) in [5.74, 6) is 1.08. The zero-order valence-corrected chi connectivity index (χ0v) is 12.8. The van der Waals surface area contributed by atoms with Crippen LogP contribution in [0.15, 0.2) is 29.2 Å². The van der Waals surface area contributed by atoms with E-state index in [1.54, 1.807) is 0 Å². The second-order valence-electron chi connectivity index (χ2n) is 6.18. The van der Waals surface area contributed by atoms with Crippen molar-refractivity contribution in [3.63, 3.8) is 0 Å². The Labute approximate surface area is 127 Å². The van der Waals surface area contributed by atoms with Crippen molar-refractivity contribution in [1.82, 2.24) is 4.90 Å². The zero-order valence-electron chi connectivity index (χ0n) is 11.9. The second kappa shape index (κ2) is 6.21. The molecule has 1 aromatic carbocycles. The number of carbonyl (C=O) groups is 1. The van der Waals surface area contributed by atoms with Crippen molar-refractivity contribution in [2.24, 2.45) is 5.92 Å². The summed E-state index contributed by atoms with van der Waals surface area (Å²) in [6, 6.07) is 8.48. The average Bonchev–Trinajstić information content (AvgIpc) is 2.49. The molecule has 2 atom stereocenters. The molecule has 1 amide bonds. The Morgan fingerprint density at radius 1 is 1.10 bits per heavy atom. The largest absolute Gasteiger partial charge is 0.339 e. The van der Waals surface area contributed by atoms with E-state index < -0.39 is 0 Å². The van der Waals surface area contributed by atoms with Crippen LogP contribution in [0.2, 0.25) is 0 Å². The van der Waals surface area contributed by atoms with Gasteiger partial charge in [-0.15, -0.1) is 12.6 Å². The van der Waals surface area contributed by atoms with E-state index >= 15 is 0 Å². The third-order valence-corrected chi connectivity index (χ3v) is 5.15. The van der Waals surface area contributed by atoms with Crippen LogP contribution >= 0.6 is 12.6 Å². The number of nitrogens with zero attached hydrogens (tertiary/aromatic N) is 1. The number of hydrogen-bond acceptors (Lipinski definition) is 2. The van der Waals surface area contributed by atoms with Crippen molar-refractivity contribution >= 4 is 18.5 Å². The zero-order chi connectivity index (χ0) is 13.9. The molecule has 0 spiro atoms. The Morgan fingerprint density at radius 2 is 1.80 bits per heavy atom. The molecule has 2 aliphatic rings. The van der Waals surface area contributed by atoms with Crippen LogP contribution in [0.25, 0.3) is 0 Å². The third kappa shape index (κ3) is 3.03. The number of rotatable bonds is 2. The molecular formula is C17H23NOS. The normalized spacial score (nSPS) is 26.1. The molecule has 1 saturated carbocycles. The maximum Gasteiger partial charge on any atom is 0.227 e. The van der Waals surface area contributed by atoms with Gasteiger partial charge in [-0.3, -0.25) is 4.79 Å². The van der Waals surface area contributed by atoms with E-state index in [0.717, 1.165) is 22.9 Å². The maximum atomic E-state index is 12.6. The van der Waals surface area contributed by atoms with Gasteiger partial charge < -0.3 is 4.90 Å². The Morgan fingerprint density at radius 3 is 2.60 bits per heavy atom. The van der Waals surface area contributed by atoms with Crippen LogP contribution in [0.3, 0.4) is 0 Å². The van der Waals surface area contributed by atoms with Gasteiger partial charge in [-0.1, -0.05) is 25.0 Å². The van der Waals surface area contributed by atoms with E-state index in [-0.39, 0.29) is 0 Å². The standard InChI is InChI=1S/C17H23NOS/c19-17(12-13-7-9-15(20)10-8-13)18-11-3-5-14-4-1-2-6-16(14)18/h7-10,14,16,20H,1-6,11-12H2. The lowest BCUT2D eigenvalue weighted by atomic mass is 9.78. The van der Waals surface area contributed by atoms with Crippen molar-refractivity contribution < 1.29 is 4.79 Å². The fourth-order valence-corrected chi connectivity index (χ4v) is 3.97. The minimum atomic E-state index is 0.313. The van der Waals surface area contributed by atoms with Crippen LogP contribution in [0, 0.1) is 5.92 Å². The number of fused-ring (bicyclic) bond motifs is 1. The molecule has 3 heteroatoms. The number of carbonyl (C=O) groups excluding carboxylic acids is 1. The summed E-state index contributed by atoms with van der Waals surface area (Å²) in [6.07, 6.45) is 8.23. The predicted octanol–water partition coefficient (Wildman–Crippen LogP) is 3.70. The van der Waals surface area contributed by atoms with Gasteiger partial charge in [0.25, 0.3) is 0 Å². The first-order chi connectivity index (χ1) is 9.74. The minimum Gasteiger partial charge on any atom is -0.339 e. The first-order valence-electron chi connectivity index (χ1n) is 7.81. The molecule has 2 fully saturated rings. The smallest absolute Gasteiger partial charge is 0.227 e. The molecular weight excluding hydrogens is 266 g/mol. The first-order valence-corrected chi connectivity index (χ1v) is 8.26. The molecule has 1 aromatic rings. The van der Waals surface area contributed by atoms with Gasteiger partial charge in [0, 0.05) is 17.5 Å². The summed E-state index contributed by atoms with van der Waals surface area (Å²) in [6.45, 7) is 0.963. The molecule has 0 bridgehead atoms. The molecule has 2 unspecified atom stereocenters. The Bertz CT molecular complexity index is 468. The molecule has 1 saturated heterocycles. The maximum absolute atomic E-state index is 12.6. The van der Waals surface area contributed by atoms with Gasteiger partial charge in [0.1, 0.15) is 0 Å². The van der Waals surface area contributed by atoms with Crippen LogP contribution in [-0.2, 0) is 11.2 Å². The fourth-order valence-electron chi connectivity index (χ4n) is 3.82. The van der Waals surface area contributed by atoms with E-state index in [1.165, 1.54) is 38.5 Å². The van der Waals surface area contributed by atoms with Gasteiger partial charge in [0.05, 0.1) is 6.42 Å². The molecule has 20 heavy (non-hydrogen) atoms. The molecule has 1 heterocycles. The lowest BCUT2D eigenvalue weighted by Gasteiger charge is -2.44. The number of amides is 1. The van der Waals surface area contributed by atoms with Crippen LogP contribution in [0.1, 0.15) is 44.1 Å². The average molecular weight is 289 g/mol. The van der Waals surface area contributed by atoms with E-state index in [9.17, 15) is 4.79 Å². The highest BCUT2D eigenvalue weighted by Crippen LogP contribution is 2.35. The molecule has 1 aliphatic heterocycles.